The van der Waals surface area contributed by atoms with Crippen molar-refractivity contribution in [2.45, 2.75) is 25.9 Å². The van der Waals surface area contributed by atoms with Crippen LogP contribution < -0.4 is 20.3 Å². The van der Waals surface area contributed by atoms with Gasteiger partial charge in [-0.2, -0.15) is 5.10 Å². The van der Waals surface area contributed by atoms with Gasteiger partial charge in [-0.15, -0.1) is 0 Å². The van der Waals surface area contributed by atoms with E-state index < -0.39 is 0 Å². The lowest BCUT2D eigenvalue weighted by molar-refractivity contribution is 0.415. The van der Waals surface area contributed by atoms with Gasteiger partial charge >= 0.3 is 0 Å². The van der Waals surface area contributed by atoms with E-state index in [0.29, 0.717) is 12.6 Å². The van der Waals surface area contributed by atoms with Crippen LogP contribution in [0.5, 0.6) is 5.75 Å². The first kappa shape index (κ1) is 20.8. The van der Waals surface area contributed by atoms with Gasteiger partial charge in [0.25, 0.3) is 0 Å². The highest BCUT2D eigenvalue weighted by molar-refractivity contribution is 5.80. The molecule has 7 heteroatoms. The predicted octanol–water partition coefficient (Wildman–Crippen LogP) is 3.21. The second-order valence-corrected chi connectivity index (χ2v) is 7.53. The summed E-state index contributed by atoms with van der Waals surface area (Å²) in [7, 11) is 1.72. The van der Waals surface area contributed by atoms with Gasteiger partial charge in [0.1, 0.15) is 5.75 Å². The zero-order valence-electron chi connectivity index (χ0n) is 18.2. The van der Waals surface area contributed by atoms with Crippen LogP contribution in [-0.2, 0) is 6.54 Å². The van der Waals surface area contributed by atoms with Gasteiger partial charge in [-0.25, -0.2) is 9.67 Å². The number of guanidine groups is 1. The third-order valence-electron chi connectivity index (χ3n) is 5.36. The fourth-order valence-corrected chi connectivity index (χ4v) is 3.83. The standard InChI is InChI=1S/C24H30N6O/c1-3-25-24(26-17-19-14-16-30(28-19)21-9-5-4-6-10-21)27-20-13-15-29(18-20)22-11-7-8-12-23(22)31-2/h4-12,14,16,20H,3,13,15,17-18H2,1-2H3,(H2,25,26,27). The van der Waals surface area contributed by atoms with Crippen LogP contribution in [0.2, 0.25) is 0 Å². The predicted molar refractivity (Wildman–Crippen MR) is 125 cm³/mol. The number of hydrogen-bond acceptors (Lipinski definition) is 4. The van der Waals surface area contributed by atoms with E-state index in [0.717, 1.165) is 54.8 Å². The number of aromatic nitrogens is 2. The molecule has 1 aromatic heterocycles. The van der Waals surface area contributed by atoms with Crippen molar-refractivity contribution in [1.82, 2.24) is 20.4 Å². The van der Waals surface area contributed by atoms with Crippen LogP contribution in [0.1, 0.15) is 19.0 Å². The van der Waals surface area contributed by atoms with Crippen molar-refractivity contribution >= 4 is 11.6 Å². The van der Waals surface area contributed by atoms with Crippen LogP contribution in [-0.4, -0.2) is 48.5 Å². The molecule has 1 fully saturated rings. The number of aliphatic imine (C=N–C) groups is 1. The Bertz CT molecular complexity index is 1000. The van der Waals surface area contributed by atoms with Crippen LogP contribution in [0.4, 0.5) is 5.69 Å². The zero-order valence-corrected chi connectivity index (χ0v) is 18.2. The Balaban J connectivity index is 1.38. The molecule has 162 valence electrons. The number of nitrogens with zero attached hydrogens (tertiary/aromatic N) is 4. The van der Waals surface area contributed by atoms with Crippen LogP contribution >= 0.6 is 0 Å². The van der Waals surface area contributed by atoms with Gasteiger partial charge < -0.3 is 20.3 Å². The Morgan fingerprint density at radius 1 is 1.13 bits per heavy atom. The van der Waals surface area contributed by atoms with Crippen molar-refractivity contribution in [3.05, 3.63) is 72.6 Å². The van der Waals surface area contributed by atoms with Gasteiger partial charge in [0, 0.05) is 31.9 Å². The van der Waals surface area contributed by atoms with Crippen LogP contribution in [0.25, 0.3) is 5.69 Å². The Hall–Kier alpha value is -3.48. The SMILES string of the molecule is CCNC(=NCc1ccn(-c2ccccc2)n1)NC1CCN(c2ccccc2OC)C1. The zero-order chi connectivity index (χ0) is 21.5. The van der Waals surface area contributed by atoms with Gasteiger partial charge in [-0.3, -0.25) is 0 Å². The molecule has 2 N–H and O–H groups in total. The van der Waals surface area contributed by atoms with E-state index in [1.165, 1.54) is 0 Å². The Kier molecular flexibility index (Phi) is 6.72. The number of rotatable bonds is 7. The molecule has 7 nitrogen and oxygen atoms in total. The third kappa shape index (κ3) is 5.17. The minimum absolute atomic E-state index is 0.324. The van der Waals surface area contributed by atoms with E-state index in [1.807, 2.05) is 59.4 Å². The largest absolute Gasteiger partial charge is 0.495 e. The van der Waals surface area contributed by atoms with Crippen molar-refractivity contribution in [2.24, 2.45) is 4.99 Å². The van der Waals surface area contributed by atoms with Crippen molar-refractivity contribution in [2.75, 3.05) is 31.6 Å². The van der Waals surface area contributed by atoms with E-state index in [1.54, 1.807) is 7.11 Å². The summed E-state index contributed by atoms with van der Waals surface area (Å²) in [5.41, 5.74) is 3.12. The summed E-state index contributed by atoms with van der Waals surface area (Å²) in [6.07, 6.45) is 3.02. The van der Waals surface area contributed by atoms with E-state index >= 15 is 0 Å². The number of methoxy groups -OCH3 is 1. The average Bonchev–Trinajstić information content (AvgIpc) is 3.48. The molecule has 0 spiro atoms. The number of nitrogens with one attached hydrogen (secondary N) is 2. The number of para-hydroxylation sites is 3. The first-order valence-corrected chi connectivity index (χ1v) is 10.8. The van der Waals surface area contributed by atoms with Crippen LogP contribution in [0, 0.1) is 0 Å². The van der Waals surface area contributed by atoms with Crippen LogP contribution in [0.15, 0.2) is 71.9 Å². The second kappa shape index (κ2) is 10.0. The maximum absolute atomic E-state index is 5.53. The molecule has 1 unspecified atom stereocenters. The highest BCUT2D eigenvalue weighted by Crippen LogP contribution is 2.30. The Morgan fingerprint density at radius 2 is 1.94 bits per heavy atom. The lowest BCUT2D eigenvalue weighted by Crippen LogP contribution is -2.44. The molecule has 0 amide bonds. The molecular formula is C24H30N6O. The van der Waals surface area contributed by atoms with Gasteiger partial charge in [0.15, 0.2) is 5.96 Å². The summed E-state index contributed by atoms with van der Waals surface area (Å²) in [6.45, 7) is 5.31. The smallest absolute Gasteiger partial charge is 0.191 e. The molecule has 0 saturated carbocycles. The maximum Gasteiger partial charge on any atom is 0.191 e. The molecule has 1 aliphatic rings. The third-order valence-corrected chi connectivity index (χ3v) is 5.36. The molecule has 4 rings (SSSR count). The summed E-state index contributed by atoms with van der Waals surface area (Å²) in [5, 5.41) is 11.6. The van der Waals surface area contributed by atoms with Gasteiger partial charge in [-0.1, -0.05) is 30.3 Å². The normalized spacial score (nSPS) is 16.4. The number of benzene rings is 2. The molecule has 1 aliphatic heterocycles. The lowest BCUT2D eigenvalue weighted by atomic mass is 10.2. The molecule has 2 heterocycles. The molecule has 0 bridgehead atoms. The summed E-state index contributed by atoms with van der Waals surface area (Å²) in [5.74, 6) is 1.74. The highest BCUT2D eigenvalue weighted by atomic mass is 16.5. The first-order chi connectivity index (χ1) is 15.3. The number of hydrogen-bond donors (Lipinski definition) is 2. The summed E-state index contributed by atoms with van der Waals surface area (Å²) >= 11 is 0. The second-order valence-electron chi connectivity index (χ2n) is 7.53. The lowest BCUT2D eigenvalue weighted by Gasteiger charge is -2.22. The van der Waals surface area contributed by atoms with E-state index in [4.69, 9.17) is 9.73 Å². The Morgan fingerprint density at radius 3 is 2.74 bits per heavy atom. The summed E-state index contributed by atoms with van der Waals surface area (Å²) < 4.78 is 7.41. The number of ether oxygens (including phenoxy) is 1. The van der Waals surface area contributed by atoms with Gasteiger partial charge in [-0.05, 0) is 43.7 Å². The van der Waals surface area contributed by atoms with Gasteiger partial charge in [0.05, 0.1) is 30.7 Å². The maximum atomic E-state index is 5.53. The first-order valence-electron chi connectivity index (χ1n) is 10.8. The minimum atomic E-state index is 0.324. The van der Waals surface area contributed by atoms with Crippen molar-refractivity contribution < 1.29 is 4.74 Å². The molecule has 0 aliphatic carbocycles. The minimum Gasteiger partial charge on any atom is -0.495 e. The van der Waals surface area contributed by atoms with E-state index in [9.17, 15) is 0 Å². The fourth-order valence-electron chi connectivity index (χ4n) is 3.83. The Labute approximate surface area is 183 Å². The summed E-state index contributed by atoms with van der Waals surface area (Å²) in [4.78, 5) is 7.12. The average molecular weight is 419 g/mol. The quantitative estimate of drug-likeness (QED) is 0.456. The molecule has 1 saturated heterocycles. The molecule has 0 radical (unpaired) electrons. The van der Waals surface area contributed by atoms with Crippen molar-refractivity contribution in [3.63, 3.8) is 0 Å². The van der Waals surface area contributed by atoms with Crippen molar-refractivity contribution in [1.29, 1.82) is 0 Å². The van der Waals surface area contributed by atoms with E-state index in [2.05, 4.69) is 39.7 Å². The monoisotopic (exact) mass is 418 g/mol. The molecule has 1 atom stereocenters. The van der Waals surface area contributed by atoms with E-state index in [-0.39, 0.29) is 0 Å². The van der Waals surface area contributed by atoms with Crippen molar-refractivity contribution in [3.8, 4) is 11.4 Å². The molecule has 3 aromatic rings. The summed E-state index contributed by atoms with van der Waals surface area (Å²) in [6, 6.07) is 20.6. The van der Waals surface area contributed by atoms with Crippen LogP contribution in [0.3, 0.4) is 0 Å². The molecular weight excluding hydrogens is 388 g/mol. The van der Waals surface area contributed by atoms with Gasteiger partial charge in [0.2, 0.25) is 0 Å². The molecule has 31 heavy (non-hydrogen) atoms. The highest BCUT2D eigenvalue weighted by Gasteiger charge is 2.25. The number of anilines is 1. The fraction of sp³-hybridized carbons (Fsp3) is 0.333. The topological polar surface area (TPSA) is 66.7 Å². The molecule has 2 aromatic carbocycles.